The molecule has 0 bridgehead atoms. The Morgan fingerprint density at radius 1 is 1.35 bits per heavy atom. The number of aliphatic hydroxyl groups is 2. The first-order chi connectivity index (χ1) is 12.3. The molecule has 6 heteroatoms. The maximum atomic E-state index is 12.1. The minimum Gasteiger partial charge on any atom is -0.508 e. The standard InChI is InChI=1S/C20H28O5S/c1-3-5-15(10-16-6-4-7-17(22)11-16)8-9-18(23)20-14(2)13-26(24,25)19(20)12-21/h4,6-7,10-11,18-19,21-23H,3,5,8-9,12-13H2,1-2H3/b15-10+/t18-,19+/m1/s1. The van der Waals surface area contributed by atoms with E-state index in [1.165, 1.54) is 0 Å². The number of sulfone groups is 1. The van der Waals surface area contributed by atoms with Crippen molar-refractivity contribution in [1.29, 1.82) is 0 Å². The van der Waals surface area contributed by atoms with E-state index >= 15 is 0 Å². The highest BCUT2D eigenvalue weighted by molar-refractivity contribution is 7.92. The van der Waals surface area contributed by atoms with Crippen LogP contribution in [0.2, 0.25) is 0 Å². The summed E-state index contributed by atoms with van der Waals surface area (Å²) < 4.78 is 24.2. The van der Waals surface area contributed by atoms with Crippen molar-refractivity contribution in [3.63, 3.8) is 0 Å². The van der Waals surface area contributed by atoms with E-state index in [4.69, 9.17) is 0 Å². The van der Waals surface area contributed by atoms with Crippen LogP contribution >= 0.6 is 0 Å². The number of aliphatic hydroxyl groups excluding tert-OH is 2. The van der Waals surface area contributed by atoms with Gasteiger partial charge < -0.3 is 15.3 Å². The molecule has 0 saturated heterocycles. The summed E-state index contributed by atoms with van der Waals surface area (Å²) in [6.45, 7) is 3.29. The number of benzene rings is 1. The molecule has 5 nitrogen and oxygen atoms in total. The maximum Gasteiger partial charge on any atom is 0.163 e. The summed E-state index contributed by atoms with van der Waals surface area (Å²) in [5, 5.41) is 28.7. The Balaban J connectivity index is 2.12. The lowest BCUT2D eigenvalue weighted by Crippen LogP contribution is -2.29. The Kier molecular flexibility index (Phi) is 7.03. The van der Waals surface area contributed by atoms with Crippen molar-refractivity contribution < 1.29 is 23.7 Å². The molecule has 2 rings (SSSR count). The van der Waals surface area contributed by atoms with Crippen LogP contribution in [0.5, 0.6) is 5.75 Å². The van der Waals surface area contributed by atoms with Gasteiger partial charge in [0.25, 0.3) is 0 Å². The smallest absolute Gasteiger partial charge is 0.163 e. The minimum absolute atomic E-state index is 0.0917. The summed E-state index contributed by atoms with van der Waals surface area (Å²) in [7, 11) is -3.41. The molecule has 0 aliphatic carbocycles. The molecule has 3 N–H and O–H groups in total. The fourth-order valence-corrected chi connectivity index (χ4v) is 5.53. The first kappa shape index (κ1) is 20.7. The van der Waals surface area contributed by atoms with E-state index < -0.39 is 27.8 Å². The van der Waals surface area contributed by atoms with Crippen molar-refractivity contribution in [3.8, 4) is 5.75 Å². The second-order valence-electron chi connectivity index (χ2n) is 6.92. The molecule has 0 fully saturated rings. The number of allylic oxidation sites excluding steroid dienone is 1. The van der Waals surface area contributed by atoms with Gasteiger partial charge in [-0.3, -0.25) is 0 Å². The monoisotopic (exact) mass is 380 g/mol. The fraction of sp³-hybridized carbons (Fsp3) is 0.500. The predicted molar refractivity (Wildman–Crippen MR) is 104 cm³/mol. The molecule has 1 aromatic carbocycles. The molecule has 26 heavy (non-hydrogen) atoms. The molecule has 0 radical (unpaired) electrons. The van der Waals surface area contributed by atoms with Crippen molar-refractivity contribution in [2.75, 3.05) is 12.4 Å². The first-order valence-electron chi connectivity index (χ1n) is 8.97. The van der Waals surface area contributed by atoms with Crippen molar-refractivity contribution in [2.24, 2.45) is 0 Å². The van der Waals surface area contributed by atoms with Gasteiger partial charge in [0.2, 0.25) is 0 Å². The number of hydrogen-bond acceptors (Lipinski definition) is 5. The largest absolute Gasteiger partial charge is 0.508 e. The molecule has 1 aromatic rings. The van der Waals surface area contributed by atoms with Gasteiger partial charge in [0.1, 0.15) is 11.0 Å². The first-order valence-corrected chi connectivity index (χ1v) is 10.7. The SMILES string of the molecule is CCC/C(=C\c1cccc(O)c1)CC[C@@H](O)C1=C(C)CS(=O)(=O)[C@H]1CO. The van der Waals surface area contributed by atoms with Crippen LogP contribution in [0.3, 0.4) is 0 Å². The molecule has 1 aliphatic heterocycles. The molecule has 144 valence electrons. The van der Waals surface area contributed by atoms with E-state index in [2.05, 4.69) is 6.92 Å². The van der Waals surface area contributed by atoms with E-state index in [0.29, 0.717) is 24.0 Å². The Morgan fingerprint density at radius 3 is 2.69 bits per heavy atom. The zero-order valence-electron chi connectivity index (χ0n) is 15.4. The molecule has 1 heterocycles. The molecule has 0 amide bonds. The zero-order valence-corrected chi connectivity index (χ0v) is 16.2. The second-order valence-corrected chi connectivity index (χ2v) is 9.10. The van der Waals surface area contributed by atoms with Crippen molar-refractivity contribution >= 4 is 15.9 Å². The van der Waals surface area contributed by atoms with Crippen LogP contribution in [0.4, 0.5) is 0 Å². The highest BCUT2D eigenvalue weighted by Gasteiger charge is 2.39. The molecular weight excluding hydrogens is 352 g/mol. The zero-order chi connectivity index (χ0) is 19.3. The van der Waals surface area contributed by atoms with Crippen LogP contribution in [0.1, 0.15) is 45.1 Å². The Labute approximate surface area is 155 Å². The Morgan fingerprint density at radius 2 is 2.08 bits per heavy atom. The van der Waals surface area contributed by atoms with E-state index in [1.807, 2.05) is 12.1 Å². The predicted octanol–water partition coefficient (Wildman–Crippen LogP) is 2.82. The van der Waals surface area contributed by atoms with Crippen LogP contribution < -0.4 is 0 Å². The van der Waals surface area contributed by atoms with Gasteiger partial charge in [0.15, 0.2) is 9.84 Å². The van der Waals surface area contributed by atoms with E-state index in [-0.39, 0.29) is 11.5 Å². The van der Waals surface area contributed by atoms with Crippen molar-refractivity contribution in [1.82, 2.24) is 0 Å². The molecule has 0 aromatic heterocycles. The lowest BCUT2D eigenvalue weighted by Gasteiger charge is -2.19. The minimum atomic E-state index is -3.41. The van der Waals surface area contributed by atoms with Crippen LogP contribution in [-0.2, 0) is 9.84 Å². The van der Waals surface area contributed by atoms with Crippen molar-refractivity contribution in [2.45, 2.75) is 50.9 Å². The summed E-state index contributed by atoms with van der Waals surface area (Å²) in [5.41, 5.74) is 3.14. The van der Waals surface area contributed by atoms with Crippen LogP contribution in [0.25, 0.3) is 6.08 Å². The average Bonchev–Trinajstić information content (AvgIpc) is 2.80. The number of hydrogen-bond donors (Lipinski definition) is 3. The van der Waals surface area contributed by atoms with E-state index in [0.717, 1.165) is 24.0 Å². The van der Waals surface area contributed by atoms with Crippen molar-refractivity contribution in [3.05, 3.63) is 46.5 Å². The summed E-state index contributed by atoms with van der Waals surface area (Å²) >= 11 is 0. The van der Waals surface area contributed by atoms with Crippen LogP contribution in [0, 0.1) is 0 Å². The second kappa shape index (κ2) is 8.84. The highest BCUT2D eigenvalue weighted by Crippen LogP contribution is 2.32. The summed E-state index contributed by atoms with van der Waals surface area (Å²) in [6, 6.07) is 6.99. The van der Waals surface area contributed by atoms with E-state index in [9.17, 15) is 23.7 Å². The third-order valence-corrected chi connectivity index (χ3v) is 6.87. The van der Waals surface area contributed by atoms with Gasteiger partial charge in [-0.2, -0.15) is 0 Å². The number of phenolic OH excluding ortho intramolecular Hbond substituents is 1. The third kappa shape index (κ3) is 4.96. The number of rotatable bonds is 8. The normalized spacial score (nSPS) is 21.2. The lowest BCUT2D eigenvalue weighted by atomic mass is 9.94. The van der Waals surface area contributed by atoms with Gasteiger partial charge in [0.05, 0.1) is 18.5 Å². The molecule has 0 saturated carbocycles. The van der Waals surface area contributed by atoms with Crippen LogP contribution in [-0.4, -0.2) is 47.5 Å². The van der Waals surface area contributed by atoms with E-state index in [1.54, 1.807) is 25.1 Å². The molecule has 0 spiro atoms. The Bertz CT molecular complexity index is 792. The Hall–Kier alpha value is -1.63. The average molecular weight is 381 g/mol. The summed E-state index contributed by atoms with van der Waals surface area (Å²) in [4.78, 5) is 0. The van der Waals surface area contributed by atoms with Gasteiger partial charge in [-0.15, -0.1) is 0 Å². The van der Waals surface area contributed by atoms with Gasteiger partial charge in [0, 0.05) is 0 Å². The van der Waals surface area contributed by atoms with Gasteiger partial charge in [-0.25, -0.2) is 8.42 Å². The lowest BCUT2D eigenvalue weighted by molar-refractivity contribution is 0.188. The fourth-order valence-electron chi connectivity index (χ4n) is 3.58. The van der Waals surface area contributed by atoms with Gasteiger partial charge in [-0.05, 0) is 49.5 Å². The molecule has 0 unspecified atom stereocenters. The molecule has 2 atom stereocenters. The van der Waals surface area contributed by atoms with Gasteiger partial charge >= 0.3 is 0 Å². The highest BCUT2D eigenvalue weighted by atomic mass is 32.2. The summed E-state index contributed by atoms with van der Waals surface area (Å²) in [6.07, 6.45) is 3.97. The number of aromatic hydroxyl groups is 1. The quantitative estimate of drug-likeness (QED) is 0.603. The molecular formula is C20H28O5S. The maximum absolute atomic E-state index is 12.1. The topological polar surface area (TPSA) is 94.8 Å². The molecule has 1 aliphatic rings. The number of phenols is 1. The van der Waals surface area contributed by atoms with Gasteiger partial charge in [-0.1, -0.05) is 42.7 Å². The summed E-state index contributed by atoms with van der Waals surface area (Å²) in [5.74, 6) is 0.114. The third-order valence-electron chi connectivity index (χ3n) is 4.77. The van der Waals surface area contributed by atoms with Crippen LogP contribution in [0.15, 0.2) is 41.0 Å².